The van der Waals surface area contributed by atoms with Crippen LogP contribution in [0.2, 0.25) is 0 Å². The lowest BCUT2D eigenvalue weighted by atomic mass is 10.1. The Balaban J connectivity index is 1.81. The van der Waals surface area contributed by atoms with Crippen LogP contribution in [0.3, 0.4) is 0 Å². The van der Waals surface area contributed by atoms with Crippen molar-refractivity contribution in [1.29, 1.82) is 0 Å². The minimum atomic E-state index is -0.529. The smallest absolute Gasteiger partial charge is 0.260 e. The van der Waals surface area contributed by atoms with Gasteiger partial charge in [0, 0.05) is 17.4 Å². The van der Waals surface area contributed by atoms with Crippen LogP contribution in [-0.2, 0) is 0 Å². The first-order valence-electron chi connectivity index (χ1n) is 8.69. The Morgan fingerprint density at radius 1 is 1.15 bits per heavy atom. The number of rotatable bonds is 5. The summed E-state index contributed by atoms with van der Waals surface area (Å²) in [5.41, 5.74) is 3.04. The number of nitrogens with one attached hydrogen (secondary N) is 1. The Bertz CT molecular complexity index is 1110. The molecule has 0 spiro atoms. The Kier molecular flexibility index (Phi) is 4.48. The second-order valence-corrected chi connectivity index (χ2v) is 6.36. The van der Waals surface area contributed by atoms with E-state index in [1.54, 1.807) is 6.92 Å². The Hall–Kier alpha value is -3.38. The van der Waals surface area contributed by atoms with Crippen LogP contribution in [-0.4, -0.2) is 32.4 Å². The molecular weight excluding hydrogens is 342 g/mol. The zero-order valence-electron chi connectivity index (χ0n) is 14.8. The highest BCUT2D eigenvalue weighted by molar-refractivity contribution is 5.94. The molecule has 0 saturated heterocycles. The first kappa shape index (κ1) is 17.1. The average Bonchev–Trinajstić information content (AvgIpc) is 3.08. The molecule has 2 aromatic heterocycles. The third-order valence-electron chi connectivity index (χ3n) is 4.28. The van der Waals surface area contributed by atoms with Crippen molar-refractivity contribution in [2.75, 3.05) is 6.61 Å². The van der Waals surface area contributed by atoms with Crippen molar-refractivity contribution in [2.45, 2.75) is 13.0 Å². The Morgan fingerprint density at radius 3 is 2.59 bits per heavy atom. The first-order chi connectivity index (χ1) is 13.1. The van der Waals surface area contributed by atoms with E-state index in [0.717, 1.165) is 16.8 Å². The van der Waals surface area contributed by atoms with Gasteiger partial charge in [-0.1, -0.05) is 30.3 Å². The second-order valence-electron chi connectivity index (χ2n) is 6.36. The van der Waals surface area contributed by atoms with E-state index in [-0.39, 0.29) is 12.2 Å². The van der Waals surface area contributed by atoms with Crippen molar-refractivity contribution in [3.05, 3.63) is 77.5 Å². The molecule has 0 bridgehead atoms. The number of aliphatic hydroxyl groups excluding tert-OH is 1. The Morgan fingerprint density at radius 2 is 1.89 bits per heavy atom. The predicted octanol–water partition coefficient (Wildman–Crippen LogP) is 3.14. The molecule has 0 unspecified atom stereocenters. The summed E-state index contributed by atoms with van der Waals surface area (Å²) < 4.78 is 7.42. The molecule has 136 valence electrons. The third-order valence-corrected chi connectivity index (χ3v) is 4.28. The van der Waals surface area contributed by atoms with E-state index in [1.165, 1.54) is 6.33 Å². The van der Waals surface area contributed by atoms with Gasteiger partial charge in [0.05, 0.1) is 17.8 Å². The van der Waals surface area contributed by atoms with E-state index in [1.807, 2.05) is 65.4 Å². The maximum Gasteiger partial charge on any atom is 0.260 e. The van der Waals surface area contributed by atoms with Gasteiger partial charge in [-0.15, -0.1) is 0 Å². The summed E-state index contributed by atoms with van der Waals surface area (Å²) >= 11 is 0. The summed E-state index contributed by atoms with van der Waals surface area (Å²) in [6, 6.07) is 17.2. The number of ether oxygens (including phenoxy) is 1. The fourth-order valence-electron chi connectivity index (χ4n) is 3.02. The molecule has 6 nitrogen and oxygen atoms in total. The molecular formula is C21H19N3O3. The second kappa shape index (κ2) is 7.09. The molecule has 1 atom stereocenters. The SMILES string of the molecule is C[C@@H](O)COc1ccc(-c2cn(-c3ccccc3)c3nc[nH]c(=O)c23)cc1. The molecule has 0 saturated carbocycles. The van der Waals surface area contributed by atoms with E-state index < -0.39 is 6.10 Å². The lowest BCUT2D eigenvalue weighted by Crippen LogP contribution is -2.12. The number of nitrogens with zero attached hydrogens (tertiary/aromatic N) is 2. The minimum Gasteiger partial charge on any atom is -0.491 e. The highest BCUT2D eigenvalue weighted by Crippen LogP contribution is 2.30. The number of hydrogen-bond donors (Lipinski definition) is 2. The molecule has 0 radical (unpaired) electrons. The van der Waals surface area contributed by atoms with E-state index in [4.69, 9.17) is 4.74 Å². The number of para-hydroxylation sites is 1. The van der Waals surface area contributed by atoms with Crippen LogP contribution >= 0.6 is 0 Å². The summed E-state index contributed by atoms with van der Waals surface area (Å²) in [5.74, 6) is 0.665. The van der Waals surface area contributed by atoms with Crippen LogP contribution in [0.5, 0.6) is 5.75 Å². The quantitative estimate of drug-likeness (QED) is 0.572. The van der Waals surface area contributed by atoms with Crippen LogP contribution in [0, 0.1) is 0 Å². The fraction of sp³-hybridized carbons (Fsp3) is 0.143. The van der Waals surface area contributed by atoms with Crippen LogP contribution in [0.4, 0.5) is 0 Å². The normalized spacial score (nSPS) is 12.2. The molecule has 0 aliphatic heterocycles. The molecule has 4 rings (SSSR count). The van der Waals surface area contributed by atoms with Gasteiger partial charge in [0.25, 0.3) is 5.56 Å². The number of aliphatic hydroxyl groups is 1. The van der Waals surface area contributed by atoms with Crippen LogP contribution < -0.4 is 10.3 Å². The topological polar surface area (TPSA) is 80.1 Å². The van der Waals surface area contributed by atoms with Gasteiger partial charge in [-0.25, -0.2) is 4.98 Å². The van der Waals surface area contributed by atoms with Gasteiger partial charge in [0.1, 0.15) is 12.4 Å². The summed E-state index contributed by atoms with van der Waals surface area (Å²) in [7, 11) is 0. The van der Waals surface area contributed by atoms with Gasteiger partial charge in [-0.05, 0) is 36.8 Å². The third kappa shape index (κ3) is 3.35. The monoisotopic (exact) mass is 361 g/mol. The molecule has 0 aliphatic rings. The zero-order valence-corrected chi connectivity index (χ0v) is 14.8. The largest absolute Gasteiger partial charge is 0.491 e. The summed E-state index contributed by atoms with van der Waals surface area (Å²) in [5, 5.41) is 9.87. The van der Waals surface area contributed by atoms with Gasteiger partial charge < -0.3 is 19.4 Å². The highest BCUT2D eigenvalue weighted by atomic mass is 16.5. The van der Waals surface area contributed by atoms with E-state index in [0.29, 0.717) is 16.8 Å². The predicted molar refractivity (Wildman–Crippen MR) is 104 cm³/mol. The lowest BCUT2D eigenvalue weighted by molar-refractivity contribution is 0.123. The maximum absolute atomic E-state index is 12.5. The zero-order chi connectivity index (χ0) is 18.8. The van der Waals surface area contributed by atoms with Crippen molar-refractivity contribution in [1.82, 2.24) is 14.5 Å². The first-order valence-corrected chi connectivity index (χ1v) is 8.69. The molecule has 0 aliphatic carbocycles. The van der Waals surface area contributed by atoms with E-state index in [2.05, 4.69) is 9.97 Å². The number of aromatic amines is 1. The van der Waals surface area contributed by atoms with Gasteiger partial charge in [-0.3, -0.25) is 4.79 Å². The number of benzene rings is 2. The summed E-state index contributed by atoms with van der Waals surface area (Å²) in [6.45, 7) is 1.91. The highest BCUT2D eigenvalue weighted by Gasteiger charge is 2.15. The summed E-state index contributed by atoms with van der Waals surface area (Å²) in [6.07, 6.45) is 2.81. The average molecular weight is 361 g/mol. The van der Waals surface area contributed by atoms with E-state index in [9.17, 15) is 9.90 Å². The molecule has 4 aromatic rings. The van der Waals surface area contributed by atoms with Crippen molar-refractivity contribution >= 4 is 11.0 Å². The molecule has 0 fully saturated rings. The van der Waals surface area contributed by atoms with Crippen LogP contribution in [0.15, 0.2) is 71.9 Å². The van der Waals surface area contributed by atoms with Crippen molar-refractivity contribution in [3.8, 4) is 22.6 Å². The van der Waals surface area contributed by atoms with Crippen LogP contribution in [0.1, 0.15) is 6.92 Å². The van der Waals surface area contributed by atoms with Gasteiger partial charge >= 0.3 is 0 Å². The number of fused-ring (bicyclic) bond motifs is 1. The van der Waals surface area contributed by atoms with Crippen molar-refractivity contribution in [3.63, 3.8) is 0 Å². The van der Waals surface area contributed by atoms with E-state index >= 15 is 0 Å². The number of H-pyrrole nitrogens is 1. The molecule has 27 heavy (non-hydrogen) atoms. The van der Waals surface area contributed by atoms with Crippen molar-refractivity contribution in [2.24, 2.45) is 0 Å². The molecule has 2 heterocycles. The standard InChI is InChI=1S/C21H19N3O3/c1-14(25)12-27-17-9-7-15(8-10-17)18-11-24(16-5-3-2-4-6-16)20-19(18)21(26)23-13-22-20/h2-11,13-14,25H,12H2,1H3,(H,22,23,26)/t14-/m1/s1. The number of aromatic nitrogens is 3. The lowest BCUT2D eigenvalue weighted by Gasteiger charge is -2.08. The molecule has 0 amide bonds. The molecule has 2 N–H and O–H groups in total. The fourth-order valence-corrected chi connectivity index (χ4v) is 3.02. The van der Waals surface area contributed by atoms with Gasteiger partial charge in [0.15, 0.2) is 5.65 Å². The summed E-state index contributed by atoms with van der Waals surface area (Å²) in [4.78, 5) is 19.5. The molecule has 2 aromatic carbocycles. The Labute approximate surface area is 155 Å². The molecule has 6 heteroatoms. The maximum atomic E-state index is 12.5. The van der Waals surface area contributed by atoms with Gasteiger partial charge in [-0.2, -0.15) is 0 Å². The van der Waals surface area contributed by atoms with Crippen LogP contribution in [0.25, 0.3) is 27.8 Å². The van der Waals surface area contributed by atoms with Crippen molar-refractivity contribution < 1.29 is 9.84 Å². The number of hydrogen-bond acceptors (Lipinski definition) is 4. The van der Waals surface area contributed by atoms with Gasteiger partial charge in [0.2, 0.25) is 0 Å². The minimum absolute atomic E-state index is 0.181.